The van der Waals surface area contributed by atoms with Crippen molar-refractivity contribution in [2.75, 3.05) is 33.4 Å². The number of para-hydroxylation sites is 1. The fraction of sp³-hybridized carbons (Fsp3) is 0.526. The van der Waals surface area contributed by atoms with Crippen molar-refractivity contribution < 1.29 is 18.8 Å². The van der Waals surface area contributed by atoms with Gasteiger partial charge < -0.3 is 18.9 Å². The van der Waals surface area contributed by atoms with E-state index in [0.717, 1.165) is 19.3 Å². The van der Waals surface area contributed by atoms with Crippen LogP contribution in [0.3, 0.4) is 0 Å². The molecule has 7 heteroatoms. The number of carbonyl (C=O) groups excluding carboxylic acids is 1. The largest absolute Gasteiger partial charge is 0.484 e. The molecule has 1 atom stereocenters. The van der Waals surface area contributed by atoms with E-state index in [1.807, 2.05) is 35.2 Å². The first-order valence-electron chi connectivity index (χ1n) is 8.88. The van der Waals surface area contributed by atoms with Crippen LogP contribution >= 0.6 is 0 Å². The van der Waals surface area contributed by atoms with Gasteiger partial charge in [-0.2, -0.15) is 4.98 Å². The van der Waals surface area contributed by atoms with Crippen LogP contribution < -0.4 is 4.74 Å². The average Bonchev–Trinajstić information content (AvgIpc) is 3.12. The molecule has 140 valence electrons. The zero-order valence-electron chi connectivity index (χ0n) is 15.3. The van der Waals surface area contributed by atoms with Crippen molar-refractivity contribution >= 4 is 5.91 Å². The zero-order chi connectivity index (χ0) is 18.4. The molecule has 1 fully saturated rings. The Hall–Kier alpha value is -2.41. The number of methoxy groups -OCH3 is 1. The van der Waals surface area contributed by atoms with Gasteiger partial charge in [0.05, 0.1) is 5.41 Å². The maximum absolute atomic E-state index is 12.7. The number of benzene rings is 1. The topological polar surface area (TPSA) is 77.7 Å². The van der Waals surface area contributed by atoms with Crippen molar-refractivity contribution in [3.05, 3.63) is 42.0 Å². The molecule has 1 aromatic carbocycles. The molecule has 0 aliphatic carbocycles. The van der Waals surface area contributed by atoms with Gasteiger partial charge in [-0.15, -0.1) is 0 Å². The van der Waals surface area contributed by atoms with Crippen molar-refractivity contribution in [2.45, 2.75) is 31.6 Å². The number of likely N-dealkylation sites (tertiary alicyclic amines) is 1. The average molecular weight is 359 g/mol. The highest BCUT2D eigenvalue weighted by Gasteiger charge is 2.42. The second-order valence-electron chi connectivity index (χ2n) is 6.68. The number of rotatable bonds is 7. The first kappa shape index (κ1) is 18.4. The Balaban J connectivity index is 1.69. The van der Waals surface area contributed by atoms with E-state index in [9.17, 15) is 4.79 Å². The van der Waals surface area contributed by atoms with Crippen molar-refractivity contribution in [3.63, 3.8) is 0 Å². The molecule has 0 saturated carbocycles. The summed E-state index contributed by atoms with van der Waals surface area (Å²) >= 11 is 0. The van der Waals surface area contributed by atoms with Crippen molar-refractivity contribution in [2.24, 2.45) is 0 Å². The molecule has 1 amide bonds. The molecule has 1 aliphatic heterocycles. The van der Waals surface area contributed by atoms with Gasteiger partial charge in [0.25, 0.3) is 5.91 Å². The summed E-state index contributed by atoms with van der Waals surface area (Å²) in [6.45, 7) is 3.64. The van der Waals surface area contributed by atoms with Crippen LogP contribution in [0.4, 0.5) is 0 Å². The van der Waals surface area contributed by atoms with Crippen LogP contribution in [0.2, 0.25) is 0 Å². The number of ether oxygens (including phenoxy) is 2. The Morgan fingerprint density at radius 2 is 2.15 bits per heavy atom. The summed E-state index contributed by atoms with van der Waals surface area (Å²) < 4.78 is 16.1. The minimum absolute atomic E-state index is 0.0235. The molecule has 0 N–H and O–H groups in total. The predicted molar refractivity (Wildman–Crippen MR) is 95.0 cm³/mol. The third-order valence-electron chi connectivity index (χ3n) is 4.82. The van der Waals surface area contributed by atoms with E-state index < -0.39 is 0 Å². The van der Waals surface area contributed by atoms with E-state index in [4.69, 9.17) is 14.0 Å². The van der Waals surface area contributed by atoms with Crippen LogP contribution in [0.25, 0.3) is 0 Å². The quantitative estimate of drug-likeness (QED) is 0.755. The number of carbonyl (C=O) groups is 1. The number of aromatic nitrogens is 2. The molecule has 3 rings (SSSR count). The Bertz CT molecular complexity index is 719. The molecule has 0 radical (unpaired) electrons. The van der Waals surface area contributed by atoms with Gasteiger partial charge in [-0.3, -0.25) is 4.79 Å². The number of amides is 1. The summed E-state index contributed by atoms with van der Waals surface area (Å²) in [7, 11) is 1.68. The minimum atomic E-state index is -0.339. The maximum Gasteiger partial charge on any atom is 0.260 e. The second-order valence-corrected chi connectivity index (χ2v) is 6.68. The first-order chi connectivity index (χ1) is 12.6. The fourth-order valence-electron chi connectivity index (χ4n) is 3.41. The van der Waals surface area contributed by atoms with Crippen LogP contribution in [0.15, 0.2) is 34.9 Å². The third kappa shape index (κ3) is 4.22. The molecule has 0 spiro atoms. The van der Waals surface area contributed by atoms with Crippen LogP contribution in [0.1, 0.15) is 31.0 Å². The summed E-state index contributed by atoms with van der Waals surface area (Å²) in [5.41, 5.74) is -0.339. The van der Waals surface area contributed by atoms with Crippen molar-refractivity contribution in [1.82, 2.24) is 15.0 Å². The van der Waals surface area contributed by atoms with Crippen LogP contribution in [0.5, 0.6) is 5.75 Å². The molecular formula is C19H25N3O4. The molecule has 1 unspecified atom stereocenters. The van der Waals surface area contributed by atoms with E-state index in [0.29, 0.717) is 37.2 Å². The van der Waals surface area contributed by atoms with Gasteiger partial charge in [-0.05, 0) is 31.4 Å². The van der Waals surface area contributed by atoms with E-state index in [1.54, 1.807) is 14.0 Å². The van der Waals surface area contributed by atoms with Gasteiger partial charge in [-0.25, -0.2) is 0 Å². The third-order valence-corrected chi connectivity index (χ3v) is 4.82. The Labute approximate surface area is 153 Å². The number of piperidine rings is 1. The van der Waals surface area contributed by atoms with Gasteiger partial charge in [-0.1, -0.05) is 23.4 Å². The molecule has 26 heavy (non-hydrogen) atoms. The molecule has 7 nitrogen and oxygen atoms in total. The van der Waals surface area contributed by atoms with E-state index in [1.165, 1.54) is 0 Å². The highest BCUT2D eigenvalue weighted by Crippen LogP contribution is 2.35. The van der Waals surface area contributed by atoms with E-state index in [-0.39, 0.29) is 17.9 Å². The SMILES string of the molecule is COCCC1(c2noc(C)n2)CCCN(C(=O)COc2ccccc2)C1. The van der Waals surface area contributed by atoms with Crippen molar-refractivity contribution in [3.8, 4) is 5.75 Å². The number of hydrogen-bond acceptors (Lipinski definition) is 6. The van der Waals surface area contributed by atoms with Crippen LogP contribution in [-0.2, 0) is 14.9 Å². The lowest BCUT2D eigenvalue weighted by Gasteiger charge is -2.40. The molecule has 1 aromatic heterocycles. The Morgan fingerprint density at radius 3 is 2.85 bits per heavy atom. The second kappa shape index (κ2) is 8.31. The Morgan fingerprint density at radius 1 is 1.35 bits per heavy atom. The lowest BCUT2D eigenvalue weighted by molar-refractivity contribution is -0.136. The first-order valence-corrected chi connectivity index (χ1v) is 8.88. The van der Waals surface area contributed by atoms with Gasteiger partial charge in [0.15, 0.2) is 12.4 Å². The van der Waals surface area contributed by atoms with Crippen LogP contribution in [0, 0.1) is 6.92 Å². The Kier molecular flexibility index (Phi) is 5.88. The lowest BCUT2D eigenvalue weighted by Crippen LogP contribution is -2.50. The highest BCUT2D eigenvalue weighted by molar-refractivity contribution is 5.78. The smallest absolute Gasteiger partial charge is 0.260 e. The monoisotopic (exact) mass is 359 g/mol. The molecular weight excluding hydrogens is 334 g/mol. The summed E-state index contributed by atoms with van der Waals surface area (Å²) in [6, 6.07) is 9.36. The van der Waals surface area contributed by atoms with Gasteiger partial charge in [0.1, 0.15) is 5.75 Å². The molecule has 2 aromatic rings. The van der Waals surface area contributed by atoms with Gasteiger partial charge in [0.2, 0.25) is 5.89 Å². The standard InChI is InChI=1S/C19H25N3O4/c1-15-20-18(21-26-15)19(10-12-24-2)9-6-11-22(14-19)17(23)13-25-16-7-4-3-5-8-16/h3-5,7-8H,6,9-14H2,1-2H3. The summed E-state index contributed by atoms with van der Waals surface area (Å²) in [6.07, 6.45) is 2.53. The number of aryl methyl sites for hydroxylation is 1. The maximum atomic E-state index is 12.7. The molecule has 1 saturated heterocycles. The minimum Gasteiger partial charge on any atom is -0.484 e. The number of nitrogens with zero attached hydrogens (tertiary/aromatic N) is 3. The van der Waals surface area contributed by atoms with Crippen LogP contribution in [-0.4, -0.2) is 54.4 Å². The van der Waals surface area contributed by atoms with E-state index in [2.05, 4.69) is 10.1 Å². The zero-order valence-corrected chi connectivity index (χ0v) is 15.3. The normalized spacial score (nSPS) is 20.2. The summed E-state index contributed by atoms with van der Waals surface area (Å²) in [5.74, 6) is 1.86. The number of hydrogen-bond donors (Lipinski definition) is 0. The highest BCUT2D eigenvalue weighted by atomic mass is 16.5. The van der Waals surface area contributed by atoms with Gasteiger partial charge in [0, 0.05) is 33.7 Å². The van der Waals surface area contributed by atoms with E-state index >= 15 is 0 Å². The summed E-state index contributed by atoms with van der Waals surface area (Å²) in [5, 5.41) is 4.14. The summed E-state index contributed by atoms with van der Waals surface area (Å²) in [4.78, 5) is 19.0. The fourth-order valence-corrected chi connectivity index (χ4v) is 3.41. The van der Waals surface area contributed by atoms with Crippen molar-refractivity contribution in [1.29, 1.82) is 0 Å². The van der Waals surface area contributed by atoms with Gasteiger partial charge >= 0.3 is 0 Å². The lowest BCUT2D eigenvalue weighted by atomic mass is 9.76. The molecule has 2 heterocycles. The molecule has 1 aliphatic rings. The predicted octanol–water partition coefficient (Wildman–Crippen LogP) is 2.35. The molecule has 0 bridgehead atoms.